The van der Waals surface area contributed by atoms with Crippen LogP contribution in [0.15, 0.2) is 268 Å². The van der Waals surface area contributed by atoms with Crippen molar-refractivity contribution < 1.29 is 44.8 Å². The predicted molar refractivity (Wildman–Crippen MR) is 340 cm³/mol. The van der Waals surface area contributed by atoms with E-state index in [0.29, 0.717) is 30.4 Å². The number of rotatable bonds is 11. The Balaban J connectivity index is 0.000000179. The van der Waals surface area contributed by atoms with E-state index in [2.05, 4.69) is 143 Å². The Hall–Kier alpha value is -8.66. The van der Waals surface area contributed by atoms with Crippen molar-refractivity contribution in [3.63, 3.8) is 0 Å². The molecule has 1 radical (unpaired) electrons. The zero-order valence-corrected chi connectivity index (χ0v) is 49.6. The molecule has 12 aromatic carbocycles. The first-order valence-electron chi connectivity index (χ1n) is 26.4. The van der Waals surface area contributed by atoms with Gasteiger partial charge in [0.1, 0.15) is 46.5 Å². The van der Waals surface area contributed by atoms with Gasteiger partial charge in [-0.3, -0.25) is 0 Å². The fraction of sp³-hybridized carbons (Fsp3) is 0. The molecule has 14 heteroatoms. The second kappa shape index (κ2) is 27.6. The van der Waals surface area contributed by atoms with Crippen molar-refractivity contribution in [2.75, 3.05) is 0 Å². The van der Waals surface area contributed by atoms with E-state index in [1.807, 2.05) is 54.6 Å². The molecule has 1 N–H and O–H groups in total. The molecule has 423 valence electrons. The Morgan fingerprint density at radius 3 is 0.733 bits per heavy atom. The summed E-state index contributed by atoms with van der Waals surface area (Å²) in [6.07, 6.45) is 0. The Bertz CT molecular complexity index is 4020. The van der Waals surface area contributed by atoms with E-state index >= 15 is 0 Å². The molecule has 2 nitrogen and oxygen atoms in total. The minimum absolute atomic E-state index is 0.214. The molecule has 0 spiro atoms. The Morgan fingerprint density at radius 1 is 0.244 bits per heavy atom. The van der Waals surface area contributed by atoms with Crippen LogP contribution in [-0.2, 0) is 0 Å². The molecule has 86 heavy (non-hydrogen) atoms. The molecule has 12 rings (SSSR count). The Morgan fingerprint density at radius 2 is 0.477 bits per heavy atom. The van der Waals surface area contributed by atoms with Crippen molar-refractivity contribution in [2.24, 2.45) is 0 Å². The molecule has 0 fully saturated rings. The predicted octanol–water partition coefficient (Wildman–Crippen LogP) is 22.4. The highest BCUT2D eigenvalue weighted by Crippen LogP contribution is 2.39. The normalized spacial score (nSPS) is 10.8. The van der Waals surface area contributed by atoms with Crippen molar-refractivity contribution in [2.45, 2.75) is 0 Å². The van der Waals surface area contributed by atoms with Gasteiger partial charge in [0.2, 0.25) is 0 Å². The van der Waals surface area contributed by atoms with Crippen molar-refractivity contribution in [3.8, 4) is 106 Å². The monoisotopic (exact) mass is 1340 g/mol. The fourth-order valence-electron chi connectivity index (χ4n) is 9.66. The standard InChI is InChI=1S/C42H24F6.C24H15Br3.C6H4BF2O2/c43-34-10-13-37(40(46)22-34)28-7-1-4-25(16-28)31-19-32(26-5-2-8-29(17-26)38-14-11-35(44)23-41(38)47)21-33(20-31)27-6-3-9-30(18-27)39-15-12-36(45)24-42(39)48;25-22-7-1-4-16(13-22)19-10-20(17-5-2-8-23(26)14-17)12-21(11-19)18-6-3-9-24(27)15-18;8-4-1-2-6(11-7-10)5(9)3-4/h1-24H;1-15H;1-3,10H. The van der Waals surface area contributed by atoms with Crippen LogP contribution in [0.3, 0.4) is 0 Å². The summed E-state index contributed by atoms with van der Waals surface area (Å²) in [4.78, 5) is 0. The molecule has 12 aromatic rings. The quantitative estimate of drug-likeness (QED) is 0.103. The molecule has 0 unspecified atom stereocenters. The fourth-order valence-corrected chi connectivity index (χ4v) is 10.9. The van der Waals surface area contributed by atoms with Crippen LogP contribution in [0.25, 0.3) is 100 Å². The van der Waals surface area contributed by atoms with E-state index in [0.717, 1.165) is 77.1 Å². The van der Waals surface area contributed by atoms with Crippen LogP contribution in [0, 0.1) is 46.5 Å². The zero-order valence-electron chi connectivity index (χ0n) is 44.8. The third-order valence-corrected chi connectivity index (χ3v) is 15.2. The van der Waals surface area contributed by atoms with Gasteiger partial charge in [-0.2, -0.15) is 0 Å². The zero-order chi connectivity index (χ0) is 60.4. The number of halogens is 11. The smallest absolute Gasteiger partial charge is 0.535 e. The van der Waals surface area contributed by atoms with Crippen molar-refractivity contribution in [3.05, 3.63) is 315 Å². The van der Waals surface area contributed by atoms with Crippen molar-refractivity contribution >= 4 is 55.5 Å². The first kappa shape index (κ1) is 60.5. The molecule has 0 atom stereocenters. The van der Waals surface area contributed by atoms with Gasteiger partial charge in [-0.15, -0.1) is 0 Å². The van der Waals surface area contributed by atoms with Gasteiger partial charge in [-0.05, 0) is 223 Å². The van der Waals surface area contributed by atoms with E-state index in [4.69, 9.17) is 5.02 Å². The SMILES string of the molecule is Brc1cccc(-c2cc(-c3cccc(Br)c3)cc(-c3cccc(Br)c3)c2)c1.Fc1ccc(-c2cccc(-c3cc(-c4cccc(-c5ccc(F)cc5F)c4)cc(-c4cccc(-c5ccc(F)cc5F)c4)c3)c2)c(F)c1.O[B]Oc1ccc(F)cc1F. The Labute approximate surface area is 517 Å². The minimum Gasteiger partial charge on any atom is -0.535 e. The summed E-state index contributed by atoms with van der Waals surface area (Å²) in [6.45, 7) is 0. The summed E-state index contributed by atoms with van der Waals surface area (Å²) in [5, 5.41) is 8.11. The third kappa shape index (κ3) is 15.1. The topological polar surface area (TPSA) is 29.5 Å². The first-order valence-corrected chi connectivity index (χ1v) is 28.8. The van der Waals surface area contributed by atoms with Gasteiger partial charge in [-0.25, -0.2) is 35.1 Å². The summed E-state index contributed by atoms with van der Waals surface area (Å²) >= 11 is 10.8. The van der Waals surface area contributed by atoms with Gasteiger partial charge in [0.15, 0.2) is 5.82 Å². The van der Waals surface area contributed by atoms with E-state index in [9.17, 15) is 35.1 Å². The molecule has 0 bridgehead atoms. The van der Waals surface area contributed by atoms with Crippen LogP contribution in [0.1, 0.15) is 0 Å². The molecule has 0 aliphatic carbocycles. The maximum Gasteiger partial charge on any atom is 0.569 e. The largest absolute Gasteiger partial charge is 0.569 e. The highest BCUT2D eigenvalue weighted by atomic mass is 79.9. The Kier molecular flexibility index (Phi) is 19.4. The van der Waals surface area contributed by atoms with Crippen molar-refractivity contribution in [1.29, 1.82) is 0 Å². The summed E-state index contributed by atoms with van der Waals surface area (Å²) < 4.78 is 118. The molecule has 0 heterocycles. The summed E-state index contributed by atoms with van der Waals surface area (Å²) in [5.41, 5.74) is 14.1. The lowest BCUT2D eigenvalue weighted by Crippen LogP contribution is -2.01. The average Bonchev–Trinajstić information content (AvgIpc) is 2.06. The van der Waals surface area contributed by atoms with Crippen LogP contribution in [0.2, 0.25) is 0 Å². The molecule has 0 aliphatic heterocycles. The second-order valence-electron chi connectivity index (χ2n) is 19.5. The molecular formula is C72H43BBr3F8O2. The average molecular weight is 1340 g/mol. The van der Waals surface area contributed by atoms with Gasteiger partial charge in [0, 0.05) is 54.4 Å². The number of benzene rings is 12. The first-order chi connectivity index (χ1) is 41.5. The van der Waals surface area contributed by atoms with Gasteiger partial charge < -0.3 is 9.68 Å². The summed E-state index contributed by atoms with van der Waals surface area (Å²) in [5.74, 6) is -5.82. The van der Waals surface area contributed by atoms with Crippen LogP contribution < -0.4 is 4.65 Å². The van der Waals surface area contributed by atoms with E-state index in [1.54, 1.807) is 36.4 Å². The van der Waals surface area contributed by atoms with Crippen LogP contribution in [0.4, 0.5) is 35.1 Å². The van der Waals surface area contributed by atoms with Gasteiger partial charge in [0.05, 0.1) is 0 Å². The summed E-state index contributed by atoms with van der Waals surface area (Å²) in [6, 6.07) is 72.7. The molecule has 0 aromatic heterocycles. The van der Waals surface area contributed by atoms with Crippen LogP contribution >= 0.6 is 47.8 Å². The molecule has 0 saturated heterocycles. The van der Waals surface area contributed by atoms with Gasteiger partial charge >= 0.3 is 7.69 Å². The minimum atomic E-state index is -0.852. The van der Waals surface area contributed by atoms with Crippen LogP contribution in [-0.4, -0.2) is 12.7 Å². The van der Waals surface area contributed by atoms with Crippen molar-refractivity contribution in [1.82, 2.24) is 0 Å². The molecule has 0 saturated carbocycles. The lowest BCUT2D eigenvalue weighted by Gasteiger charge is -2.14. The second-order valence-corrected chi connectivity index (χ2v) is 22.3. The maximum absolute atomic E-state index is 14.8. The number of hydrogen-bond acceptors (Lipinski definition) is 2. The van der Waals surface area contributed by atoms with E-state index < -0.39 is 46.5 Å². The lowest BCUT2D eigenvalue weighted by molar-refractivity contribution is 0.429. The van der Waals surface area contributed by atoms with E-state index in [1.165, 1.54) is 69.8 Å². The maximum atomic E-state index is 14.8. The highest BCUT2D eigenvalue weighted by Gasteiger charge is 2.16. The van der Waals surface area contributed by atoms with Gasteiger partial charge in [0.25, 0.3) is 0 Å². The highest BCUT2D eigenvalue weighted by molar-refractivity contribution is 9.11. The summed E-state index contributed by atoms with van der Waals surface area (Å²) in [7, 11) is 0.330. The molecular weight excluding hydrogens is 1300 g/mol. The molecule has 0 amide bonds. The van der Waals surface area contributed by atoms with Gasteiger partial charge in [-0.1, -0.05) is 139 Å². The third-order valence-electron chi connectivity index (χ3n) is 13.7. The molecule has 0 aliphatic rings. The number of hydrogen-bond donors (Lipinski definition) is 1. The van der Waals surface area contributed by atoms with Crippen LogP contribution in [0.5, 0.6) is 5.75 Å². The lowest BCUT2D eigenvalue weighted by atomic mass is 9.90. The van der Waals surface area contributed by atoms with E-state index in [-0.39, 0.29) is 22.4 Å².